The molecule has 0 unspecified atom stereocenters. The molecule has 0 atom stereocenters. The van der Waals surface area contributed by atoms with E-state index in [9.17, 15) is 4.79 Å². The molecule has 0 N–H and O–H groups in total. The van der Waals surface area contributed by atoms with Gasteiger partial charge in [0.1, 0.15) is 0 Å². The van der Waals surface area contributed by atoms with Crippen molar-refractivity contribution in [3.8, 4) is 12.3 Å². The van der Waals surface area contributed by atoms with E-state index in [1.807, 2.05) is 20.8 Å². The molecule has 0 aliphatic heterocycles. The Kier molecular flexibility index (Phi) is 4.43. The molecule has 0 amide bonds. The Morgan fingerprint density at radius 1 is 1.50 bits per heavy atom. The van der Waals surface area contributed by atoms with Crippen LogP contribution in [0.1, 0.15) is 33.6 Å². The van der Waals surface area contributed by atoms with Gasteiger partial charge in [0.15, 0.2) is 0 Å². The van der Waals surface area contributed by atoms with Crippen molar-refractivity contribution in [1.29, 1.82) is 0 Å². The van der Waals surface area contributed by atoms with E-state index in [-0.39, 0.29) is 5.97 Å². The van der Waals surface area contributed by atoms with Crippen LogP contribution in [0.2, 0.25) is 0 Å². The number of terminal acetylenes is 1. The second kappa shape index (κ2) is 4.82. The van der Waals surface area contributed by atoms with Gasteiger partial charge in [0.25, 0.3) is 0 Å². The van der Waals surface area contributed by atoms with Crippen molar-refractivity contribution in [3.63, 3.8) is 0 Å². The Morgan fingerprint density at radius 2 is 2.08 bits per heavy atom. The lowest BCUT2D eigenvalue weighted by Gasteiger charge is -2.15. The molecule has 0 aliphatic rings. The van der Waals surface area contributed by atoms with Crippen molar-refractivity contribution in [3.05, 3.63) is 0 Å². The third kappa shape index (κ3) is 4.79. The number of carbonyl (C=O) groups is 1. The fourth-order valence-corrected chi connectivity index (χ4v) is 0.556. The van der Waals surface area contributed by atoms with E-state index in [0.29, 0.717) is 13.0 Å². The first-order valence-corrected chi connectivity index (χ1v) is 4.09. The molecule has 0 radical (unpaired) electrons. The second-order valence-corrected chi connectivity index (χ2v) is 3.69. The Labute approximate surface area is 74.3 Å². The Hall–Kier alpha value is -0.970. The molecule has 0 aromatic rings. The van der Waals surface area contributed by atoms with E-state index in [0.717, 1.165) is 6.42 Å². The van der Waals surface area contributed by atoms with Crippen molar-refractivity contribution in [2.24, 2.45) is 5.41 Å². The first-order chi connectivity index (χ1) is 5.48. The minimum Gasteiger partial charge on any atom is -0.465 e. The van der Waals surface area contributed by atoms with E-state index in [1.165, 1.54) is 0 Å². The van der Waals surface area contributed by atoms with E-state index in [2.05, 4.69) is 5.92 Å². The number of esters is 1. The lowest BCUT2D eigenvalue weighted by atomic mass is 9.97. The summed E-state index contributed by atoms with van der Waals surface area (Å²) in [6.45, 7) is 5.92. The highest BCUT2D eigenvalue weighted by Gasteiger charge is 2.22. The minimum atomic E-state index is -0.407. The zero-order chi connectivity index (χ0) is 9.61. The van der Waals surface area contributed by atoms with Gasteiger partial charge in [-0.2, -0.15) is 0 Å². The molecule has 0 fully saturated rings. The number of rotatable bonds is 3. The molecule has 0 bridgehead atoms. The predicted octanol–water partition coefficient (Wildman–Crippen LogP) is 1.99. The van der Waals surface area contributed by atoms with Crippen LogP contribution in [0.4, 0.5) is 0 Å². The molecular weight excluding hydrogens is 152 g/mol. The highest BCUT2D eigenvalue weighted by atomic mass is 16.5. The van der Waals surface area contributed by atoms with E-state index >= 15 is 0 Å². The average Bonchev–Trinajstić information content (AvgIpc) is 1.96. The summed E-state index contributed by atoms with van der Waals surface area (Å²) in [5.74, 6) is 2.32. The molecule has 2 nitrogen and oxygen atoms in total. The van der Waals surface area contributed by atoms with Crippen LogP contribution in [0.15, 0.2) is 0 Å². The maximum Gasteiger partial charge on any atom is 0.311 e. The van der Waals surface area contributed by atoms with Crippen LogP contribution in [-0.4, -0.2) is 12.6 Å². The Balaban J connectivity index is 3.53. The minimum absolute atomic E-state index is 0.167. The van der Waals surface area contributed by atoms with Gasteiger partial charge in [0.05, 0.1) is 12.0 Å². The highest BCUT2D eigenvalue weighted by Crippen LogP contribution is 2.15. The summed E-state index contributed by atoms with van der Waals surface area (Å²) in [6, 6.07) is 0. The normalized spacial score (nSPS) is 10.5. The van der Waals surface area contributed by atoms with Gasteiger partial charge in [-0.05, 0) is 27.2 Å². The molecule has 12 heavy (non-hydrogen) atoms. The highest BCUT2D eigenvalue weighted by molar-refractivity contribution is 5.75. The first kappa shape index (κ1) is 11.0. The molecule has 0 heterocycles. The average molecular weight is 168 g/mol. The smallest absolute Gasteiger partial charge is 0.311 e. The van der Waals surface area contributed by atoms with Crippen LogP contribution in [0.25, 0.3) is 0 Å². The van der Waals surface area contributed by atoms with E-state index < -0.39 is 5.41 Å². The standard InChI is InChI=1S/C10H16O2/c1-5-6-7-8-12-9(11)10(2,3)4/h1H,6-8H2,2-4H3. The van der Waals surface area contributed by atoms with E-state index in [4.69, 9.17) is 11.2 Å². The monoisotopic (exact) mass is 168 g/mol. The van der Waals surface area contributed by atoms with Gasteiger partial charge in [-0.1, -0.05) is 0 Å². The summed E-state index contributed by atoms with van der Waals surface area (Å²) in [5, 5.41) is 0. The van der Waals surface area contributed by atoms with Crippen LogP contribution in [0.3, 0.4) is 0 Å². The van der Waals surface area contributed by atoms with Crippen molar-refractivity contribution in [1.82, 2.24) is 0 Å². The number of unbranched alkanes of at least 4 members (excludes halogenated alkanes) is 1. The van der Waals surface area contributed by atoms with Crippen LogP contribution in [0, 0.1) is 17.8 Å². The topological polar surface area (TPSA) is 26.3 Å². The van der Waals surface area contributed by atoms with Crippen LogP contribution < -0.4 is 0 Å². The Bertz CT molecular complexity index is 181. The lowest BCUT2D eigenvalue weighted by molar-refractivity contribution is -0.152. The van der Waals surface area contributed by atoms with Crippen LogP contribution in [0.5, 0.6) is 0 Å². The van der Waals surface area contributed by atoms with Gasteiger partial charge >= 0.3 is 5.97 Å². The molecule has 0 saturated heterocycles. The number of hydrogen-bond donors (Lipinski definition) is 0. The summed E-state index contributed by atoms with van der Waals surface area (Å²) < 4.78 is 4.97. The van der Waals surface area contributed by atoms with Crippen molar-refractivity contribution in [2.75, 3.05) is 6.61 Å². The molecular formula is C10H16O2. The van der Waals surface area contributed by atoms with Gasteiger partial charge in [-0.25, -0.2) is 0 Å². The fourth-order valence-electron chi connectivity index (χ4n) is 0.556. The summed E-state index contributed by atoms with van der Waals surface area (Å²) in [6.07, 6.45) is 6.45. The van der Waals surface area contributed by atoms with Gasteiger partial charge in [-0.15, -0.1) is 12.3 Å². The first-order valence-electron chi connectivity index (χ1n) is 4.09. The molecule has 0 rings (SSSR count). The van der Waals surface area contributed by atoms with Crippen molar-refractivity contribution >= 4 is 5.97 Å². The van der Waals surface area contributed by atoms with Gasteiger partial charge in [0, 0.05) is 6.42 Å². The zero-order valence-corrected chi connectivity index (χ0v) is 8.02. The van der Waals surface area contributed by atoms with Crippen LogP contribution in [-0.2, 0) is 9.53 Å². The largest absolute Gasteiger partial charge is 0.465 e. The zero-order valence-electron chi connectivity index (χ0n) is 8.02. The van der Waals surface area contributed by atoms with E-state index in [1.54, 1.807) is 0 Å². The van der Waals surface area contributed by atoms with Crippen molar-refractivity contribution in [2.45, 2.75) is 33.6 Å². The van der Waals surface area contributed by atoms with Gasteiger partial charge in [-0.3, -0.25) is 4.79 Å². The number of carbonyl (C=O) groups excluding carboxylic acids is 1. The molecule has 0 aromatic carbocycles. The third-order valence-electron chi connectivity index (χ3n) is 1.31. The summed E-state index contributed by atoms with van der Waals surface area (Å²) >= 11 is 0. The molecule has 68 valence electrons. The maximum atomic E-state index is 11.2. The summed E-state index contributed by atoms with van der Waals surface area (Å²) in [4.78, 5) is 11.2. The Morgan fingerprint density at radius 3 is 2.50 bits per heavy atom. The summed E-state index contributed by atoms with van der Waals surface area (Å²) in [5.41, 5.74) is -0.407. The number of ether oxygens (including phenoxy) is 1. The molecule has 0 aromatic heterocycles. The third-order valence-corrected chi connectivity index (χ3v) is 1.31. The predicted molar refractivity (Wildman–Crippen MR) is 48.5 cm³/mol. The second-order valence-electron chi connectivity index (χ2n) is 3.69. The SMILES string of the molecule is C#CCCCOC(=O)C(C)(C)C. The quantitative estimate of drug-likeness (QED) is 0.366. The molecule has 2 heteroatoms. The summed E-state index contributed by atoms with van der Waals surface area (Å²) in [7, 11) is 0. The maximum absolute atomic E-state index is 11.2. The van der Waals surface area contributed by atoms with Crippen molar-refractivity contribution < 1.29 is 9.53 Å². The molecule has 0 aliphatic carbocycles. The number of hydrogen-bond acceptors (Lipinski definition) is 2. The van der Waals surface area contributed by atoms with Gasteiger partial charge < -0.3 is 4.74 Å². The van der Waals surface area contributed by atoms with Gasteiger partial charge in [0.2, 0.25) is 0 Å². The fraction of sp³-hybridized carbons (Fsp3) is 0.700. The van der Waals surface area contributed by atoms with Crippen LogP contribution >= 0.6 is 0 Å². The molecule has 0 saturated carbocycles. The molecule has 0 spiro atoms. The lowest BCUT2D eigenvalue weighted by Crippen LogP contribution is -2.23.